The summed E-state index contributed by atoms with van der Waals surface area (Å²) in [5.74, 6) is 4.68. The van der Waals surface area contributed by atoms with Crippen molar-refractivity contribution < 1.29 is 4.79 Å². The Morgan fingerprint density at radius 1 is 0.765 bits per heavy atom. The predicted molar refractivity (Wildman–Crippen MR) is 152 cm³/mol. The van der Waals surface area contributed by atoms with Gasteiger partial charge in [-0.2, -0.15) is 0 Å². The van der Waals surface area contributed by atoms with E-state index in [4.69, 9.17) is 5.73 Å². The molecule has 0 aromatic carbocycles. The SMILES string of the molecule is Br.CCCCCCCCCCCCCCC(C(C)C(=O)C1C2CC3CC(C2)CC1C3)C(C)(C)N. The second-order valence-corrected chi connectivity index (χ2v) is 13.3. The van der Waals surface area contributed by atoms with Crippen LogP contribution in [0.2, 0.25) is 0 Å². The number of ketones is 1. The van der Waals surface area contributed by atoms with Crippen molar-refractivity contribution in [1.29, 1.82) is 0 Å². The summed E-state index contributed by atoms with van der Waals surface area (Å²) in [6.45, 7) is 8.85. The van der Waals surface area contributed by atoms with Crippen LogP contribution in [0.5, 0.6) is 0 Å². The van der Waals surface area contributed by atoms with Crippen LogP contribution in [0.4, 0.5) is 0 Å². The predicted octanol–water partition coefficient (Wildman–Crippen LogP) is 9.29. The van der Waals surface area contributed by atoms with E-state index in [0.29, 0.717) is 29.5 Å². The number of unbranched alkanes of at least 4 members (excludes halogenated alkanes) is 11. The van der Waals surface area contributed by atoms with Crippen LogP contribution in [0.15, 0.2) is 0 Å². The molecule has 4 bridgehead atoms. The third-order valence-corrected chi connectivity index (χ3v) is 9.93. The molecule has 0 aromatic heterocycles. The molecule has 4 rings (SSSR count). The molecule has 0 amide bonds. The zero-order valence-corrected chi connectivity index (χ0v) is 24.9. The van der Waals surface area contributed by atoms with Gasteiger partial charge < -0.3 is 5.73 Å². The molecule has 0 radical (unpaired) electrons. The number of rotatable bonds is 17. The first-order valence-electron chi connectivity index (χ1n) is 15.1. The molecule has 4 aliphatic carbocycles. The van der Waals surface area contributed by atoms with Gasteiger partial charge in [0.2, 0.25) is 0 Å². The topological polar surface area (TPSA) is 43.1 Å². The summed E-state index contributed by atoms with van der Waals surface area (Å²) < 4.78 is 0. The van der Waals surface area contributed by atoms with Crippen LogP contribution in [-0.2, 0) is 4.79 Å². The van der Waals surface area contributed by atoms with E-state index >= 15 is 0 Å². The largest absolute Gasteiger partial charge is 0.325 e. The Morgan fingerprint density at radius 2 is 1.18 bits per heavy atom. The Morgan fingerprint density at radius 3 is 1.59 bits per heavy atom. The van der Waals surface area contributed by atoms with Crippen molar-refractivity contribution in [2.45, 2.75) is 149 Å². The molecule has 0 heterocycles. The number of hydrogen-bond donors (Lipinski definition) is 1. The number of halogens is 1. The van der Waals surface area contributed by atoms with E-state index in [9.17, 15) is 4.79 Å². The molecule has 34 heavy (non-hydrogen) atoms. The quantitative estimate of drug-likeness (QED) is 0.187. The van der Waals surface area contributed by atoms with Crippen LogP contribution in [0.25, 0.3) is 0 Å². The van der Waals surface area contributed by atoms with Crippen molar-refractivity contribution in [1.82, 2.24) is 0 Å². The minimum atomic E-state index is -0.265. The van der Waals surface area contributed by atoms with Gasteiger partial charge in [-0.05, 0) is 82.0 Å². The first kappa shape index (κ1) is 30.3. The third-order valence-electron chi connectivity index (χ3n) is 9.93. The zero-order valence-electron chi connectivity index (χ0n) is 23.2. The van der Waals surface area contributed by atoms with Crippen molar-refractivity contribution in [3.63, 3.8) is 0 Å². The van der Waals surface area contributed by atoms with Crippen molar-refractivity contribution in [2.75, 3.05) is 0 Å². The normalized spacial score (nSPS) is 29.6. The maximum Gasteiger partial charge on any atom is 0.139 e. The van der Waals surface area contributed by atoms with Gasteiger partial charge in [0.15, 0.2) is 0 Å². The van der Waals surface area contributed by atoms with E-state index in [1.54, 1.807) is 0 Å². The lowest BCUT2D eigenvalue weighted by Gasteiger charge is -2.54. The molecule has 0 aromatic rings. The molecule has 2 atom stereocenters. The fourth-order valence-corrected chi connectivity index (χ4v) is 8.36. The number of carbonyl (C=O) groups excluding carboxylic acids is 1. The molecular weight excluding hydrogens is 482 g/mol. The number of nitrogens with two attached hydrogens (primary N) is 1. The highest BCUT2D eigenvalue weighted by molar-refractivity contribution is 8.93. The Bertz CT molecular complexity index is 554. The van der Waals surface area contributed by atoms with Crippen LogP contribution in [0, 0.1) is 41.4 Å². The van der Waals surface area contributed by atoms with Gasteiger partial charge in [0, 0.05) is 17.4 Å². The van der Waals surface area contributed by atoms with Crippen molar-refractivity contribution >= 4 is 22.8 Å². The summed E-state index contributed by atoms with van der Waals surface area (Å²) in [5, 5.41) is 0. The molecule has 4 aliphatic rings. The van der Waals surface area contributed by atoms with Gasteiger partial charge in [-0.15, -0.1) is 17.0 Å². The minimum Gasteiger partial charge on any atom is -0.325 e. The van der Waals surface area contributed by atoms with Crippen LogP contribution in [0.1, 0.15) is 143 Å². The van der Waals surface area contributed by atoms with E-state index in [1.807, 2.05) is 0 Å². The fraction of sp³-hybridized carbons (Fsp3) is 0.968. The summed E-state index contributed by atoms with van der Waals surface area (Å²) >= 11 is 0. The molecule has 4 fully saturated rings. The average molecular weight is 541 g/mol. The second kappa shape index (κ2) is 14.7. The highest BCUT2D eigenvalue weighted by atomic mass is 79.9. The first-order chi connectivity index (χ1) is 15.8. The molecule has 0 spiro atoms. The first-order valence-corrected chi connectivity index (χ1v) is 15.1. The zero-order chi connectivity index (χ0) is 23.8. The third kappa shape index (κ3) is 8.60. The fourth-order valence-electron chi connectivity index (χ4n) is 8.36. The Hall–Kier alpha value is 0.110. The van der Waals surface area contributed by atoms with E-state index < -0.39 is 0 Å². The van der Waals surface area contributed by atoms with E-state index in [2.05, 4.69) is 27.7 Å². The molecule has 4 saturated carbocycles. The van der Waals surface area contributed by atoms with Gasteiger partial charge in [0.1, 0.15) is 5.78 Å². The van der Waals surface area contributed by atoms with Gasteiger partial charge in [-0.25, -0.2) is 0 Å². The van der Waals surface area contributed by atoms with Gasteiger partial charge in [-0.1, -0.05) is 90.9 Å². The van der Waals surface area contributed by atoms with Gasteiger partial charge in [0.05, 0.1) is 0 Å². The average Bonchev–Trinajstić information content (AvgIpc) is 2.75. The van der Waals surface area contributed by atoms with Crippen LogP contribution >= 0.6 is 17.0 Å². The molecule has 0 saturated heterocycles. The molecule has 2 nitrogen and oxygen atoms in total. The second-order valence-electron chi connectivity index (χ2n) is 13.3. The van der Waals surface area contributed by atoms with E-state index in [0.717, 1.165) is 18.3 Å². The van der Waals surface area contributed by atoms with Crippen molar-refractivity contribution in [2.24, 2.45) is 47.2 Å². The standard InChI is InChI=1S/C31H57NO.BrH/c1-5-6-7-8-9-10-11-12-13-14-15-16-17-28(31(3,4)32)23(2)30(33)29-26-19-24-18-25(21-26)22-27(29)20-24;/h23-29H,5-22,32H2,1-4H3;1H. The molecule has 200 valence electrons. The molecule has 0 aliphatic heterocycles. The molecule has 3 heteroatoms. The molecular formula is C31H58BrNO. The number of Topliss-reactive ketones (excluding diaryl/α,β-unsaturated/α-hetero) is 1. The lowest BCUT2D eigenvalue weighted by Crippen LogP contribution is -2.52. The minimum absolute atomic E-state index is 0. The highest BCUT2D eigenvalue weighted by Crippen LogP contribution is 2.57. The van der Waals surface area contributed by atoms with Crippen LogP contribution in [0.3, 0.4) is 0 Å². The molecule has 2 unspecified atom stereocenters. The summed E-state index contributed by atoms with van der Waals surface area (Å²) in [6, 6.07) is 0. The maximum absolute atomic E-state index is 13.8. The lowest BCUT2D eigenvalue weighted by molar-refractivity contribution is -0.142. The highest BCUT2D eigenvalue weighted by Gasteiger charge is 2.52. The van der Waals surface area contributed by atoms with Gasteiger partial charge in [-0.3, -0.25) is 4.79 Å². The lowest BCUT2D eigenvalue weighted by atomic mass is 9.50. The van der Waals surface area contributed by atoms with Crippen LogP contribution < -0.4 is 5.73 Å². The molecule has 2 N–H and O–H groups in total. The van der Waals surface area contributed by atoms with Gasteiger partial charge in [0.25, 0.3) is 0 Å². The Kier molecular flexibility index (Phi) is 13.2. The summed E-state index contributed by atoms with van der Waals surface area (Å²) in [4.78, 5) is 13.8. The monoisotopic (exact) mass is 539 g/mol. The number of hydrogen-bond acceptors (Lipinski definition) is 2. The van der Waals surface area contributed by atoms with Crippen LogP contribution in [-0.4, -0.2) is 11.3 Å². The number of carbonyl (C=O) groups is 1. The van der Waals surface area contributed by atoms with Gasteiger partial charge >= 0.3 is 0 Å². The van der Waals surface area contributed by atoms with E-state index in [1.165, 1.54) is 109 Å². The Labute approximate surface area is 223 Å². The summed E-state index contributed by atoms with van der Waals surface area (Å²) in [7, 11) is 0. The van der Waals surface area contributed by atoms with Crippen molar-refractivity contribution in [3.8, 4) is 0 Å². The van der Waals surface area contributed by atoms with E-state index in [-0.39, 0.29) is 28.4 Å². The summed E-state index contributed by atoms with van der Waals surface area (Å²) in [6.07, 6.45) is 24.5. The smallest absolute Gasteiger partial charge is 0.139 e. The maximum atomic E-state index is 13.8. The van der Waals surface area contributed by atoms with Crippen molar-refractivity contribution in [3.05, 3.63) is 0 Å². The summed E-state index contributed by atoms with van der Waals surface area (Å²) in [5.41, 5.74) is 6.41. The Balaban J connectivity index is 0.00000408.